The van der Waals surface area contributed by atoms with Gasteiger partial charge in [0.2, 0.25) is 11.1 Å². The number of hydrogen-bond acceptors (Lipinski definition) is 8. The molecule has 1 aromatic carbocycles. The van der Waals surface area contributed by atoms with Gasteiger partial charge in [0.25, 0.3) is 0 Å². The summed E-state index contributed by atoms with van der Waals surface area (Å²) in [4.78, 5) is 27.9. The lowest BCUT2D eigenvalue weighted by Crippen LogP contribution is -2.13. The second-order valence-corrected chi connectivity index (χ2v) is 7.86. The molecule has 2 N–H and O–H groups in total. The molecule has 4 rings (SSSR count). The zero-order valence-corrected chi connectivity index (χ0v) is 17.9. The number of nitrogens with zero attached hydrogens (tertiary/aromatic N) is 3. The van der Waals surface area contributed by atoms with E-state index in [2.05, 4.69) is 20.5 Å². The number of furan rings is 2. The summed E-state index contributed by atoms with van der Waals surface area (Å²) in [5.74, 6) is -0.0516. The van der Waals surface area contributed by atoms with E-state index < -0.39 is 5.97 Å². The molecule has 32 heavy (non-hydrogen) atoms. The number of amides is 1. The third kappa shape index (κ3) is 4.98. The smallest absolute Gasteiger partial charge is 0.335 e. The van der Waals surface area contributed by atoms with Crippen LogP contribution in [0.15, 0.2) is 69.0 Å². The van der Waals surface area contributed by atoms with Crippen molar-refractivity contribution in [1.29, 1.82) is 0 Å². The minimum absolute atomic E-state index is 0.0284. The Morgan fingerprint density at radius 2 is 1.75 bits per heavy atom. The van der Waals surface area contributed by atoms with Crippen LogP contribution < -0.4 is 5.32 Å². The van der Waals surface area contributed by atoms with E-state index >= 15 is 0 Å². The normalized spacial score (nSPS) is 10.8. The summed E-state index contributed by atoms with van der Waals surface area (Å²) in [6, 6.07) is 11.1. The van der Waals surface area contributed by atoms with Crippen LogP contribution >= 0.6 is 23.4 Å². The first-order valence-corrected chi connectivity index (χ1v) is 10.7. The molecule has 9 nitrogen and oxygen atoms in total. The maximum Gasteiger partial charge on any atom is 0.335 e. The van der Waals surface area contributed by atoms with Gasteiger partial charge in [0, 0.05) is 12.2 Å². The summed E-state index contributed by atoms with van der Waals surface area (Å²) in [5.41, 5.74) is 1.19. The molecule has 0 atom stereocenters. The fourth-order valence-corrected chi connectivity index (χ4v) is 3.63. The van der Waals surface area contributed by atoms with Crippen molar-refractivity contribution in [1.82, 2.24) is 15.2 Å². The van der Waals surface area contributed by atoms with Gasteiger partial charge >= 0.3 is 5.97 Å². The number of anilines is 1. The van der Waals surface area contributed by atoms with Crippen LogP contribution in [0, 0.1) is 0 Å². The van der Waals surface area contributed by atoms with E-state index in [1.165, 1.54) is 42.5 Å². The Balaban J connectivity index is 1.42. The van der Waals surface area contributed by atoms with Crippen molar-refractivity contribution in [3.63, 3.8) is 0 Å². The van der Waals surface area contributed by atoms with Crippen LogP contribution in [-0.2, 0) is 4.79 Å². The summed E-state index contributed by atoms with van der Waals surface area (Å²) in [6.07, 6.45) is 3.19. The predicted octanol–water partition coefficient (Wildman–Crippen LogP) is 4.86. The van der Waals surface area contributed by atoms with Gasteiger partial charge in [-0.3, -0.25) is 4.79 Å². The summed E-state index contributed by atoms with van der Waals surface area (Å²) in [6.45, 7) is 0. The zero-order chi connectivity index (χ0) is 22.5. The molecule has 162 valence electrons. The van der Waals surface area contributed by atoms with Crippen molar-refractivity contribution in [2.45, 2.75) is 11.6 Å². The first-order valence-electron chi connectivity index (χ1n) is 9.29. The fourth-order valence-electron chi connectivity index (χ4n) is 2.74. The van der Waals surface area contributed by atoms with Gasteiger partial charge in [0.05, 0.1) is 28.8 Å². The molecule has 1 amide bonds. The highest BCUT2D eigenvalue weighted by atomic mass is 35.5. The molecule has 0 unspecified atom stereocenters. The van der Waals surface area contributed by atoms with E-state index in [1.54, 1.807) is 24.3 Å². The second kappa shape index (κ2) is 9.67. The van der Waals surface area contributed by atoms with E-state index in [9.17, 15) is 9.59 Å². The number of aromatic carboxylic acids is 1. The summed E-state index contributed by atoms with van der Waals surface area (Å²) in [5, 5.41) is 20.7. The van der Waals surface area contributed by atoms with E-state index in [0.717, 1.165) is 0 Å². The number of aromatic nitrogens is 3. The molecule has 0 radical (unpaired) electrons. The number of thioether (sulfide) groups is 1. The van der Waals surface area contributed by atoms with Crippen LogP contribution in [0.4, 0.5) is 5.69 Å². The van der Waals surface area contributed by atoms with Gasteiger partial charge in [0.1, 0.15) is 5.69 Å². The summed E-state index contributed by atoms with van der Waals surface area (Å²) >= 11 is 7.28. The summed E-state index contributed by atoms with van der Waals surface area (Å²) in [7, 11) is 0. The molecule has 0 spiro atoms. The molecule has 0 fully saturated rings. The van der Waals surface area contributed by atoms with Crippen LogP contribution in [0.3, 0.4) is 0 Å². The van der Waals surface area contributed by atoms with Crippen LogP contribution in [-0.4, -0.2) is 37.9 Å². The lowest BCUT2D eigenvalue weighted by Gasteiger charge is -2.08. The largest absolute Gasteiger partial charge is 0.478 e. The molecule has 3 heterocycles. The SMILES string of the molecule is O=C(CCSc1nnc(-c2ccco2)c(-c2ccco2)n1)Nc1cc(C(=O)O)ccc1Cl. The van der Waals surface area contributed by atoms with Gasteiger partial charge in [-0.25, -0.2) is 9.78 Å². The number of halogens is 1. The molecule has 3 aromatic heterocycles. The fraction of sp³-hybridized carbons (Fsp3) is 0.0952. The molecular formula is C21H15ClN4O5S. The highest BCUT2D eigenvalue weighted by Gasteiger charge is 2.18. The molecule has 0 aliphatic rings. The topological polar surface area (TPSA) is 131 Å². The maximum atomic E-state index is 12.3. The Morgan fingerprint density at radius 3 is 2.41 bits per heavy atom. The first kappa shape index (κ1) is 21.6. The minimum atomic E-state index is -1.11. The molecular weight excluding hydrogens is 456 g/mol. The number of carbonyl (C=O) groups is 2. The average Bonchev–Trinajstić information content (AvgIpc) is 3.49. The third-order valence-electron chi connectivity index (χ3n) is 4.22. The molecule has 0 saturated carbocycles. The Morgan fingerprint density at radius 1 is 1.03 bits per heavy atom. The van der Waals surface area contributed by atoms with Crippen molar-refractivity contribution in [2.75, 3.05) is 11.1 Å². The Hall–Kier alpha value is -3.63. The predicted molar refractivity (Wildman–Crippen MR) is 118 cm³/mol. The summed E-state index contributed by atoms with van der Waals surface area (Å²) < 4.78 is 10.9. The zero-order valence-electron chi connectivity index (χ0n) is 16.3. The Labute approximate surface area is 190 Å². The number of benzene rings is 1. The standard InChI is InChI=1S/C21H15ClN4O5S/c22-13-6-5-12(20(28)29)11-14(13)23-17(27)7-10-32-21-24-18(15-3-1-8-30-15)19(25-26-21)16-4-2-9-31-16/h1-6,8-9,11H,7,10H2,(H,23,27)(H,28,29). The maximum absolute atomic E-state index is 12.3. The van der Waals surface area contributed by atoms with Gasteiger partial charge in [0.15, 0.2) is 17.2 Å². The van der Waals surface area contributed by atoms with Gasteiger partial charge < -0.3 is 19.3 Å². The van der Waals surface area contributed by atoms with E-state index in [1.807, 2.05) is 0 Å². The molecule has 0 aliphatic heterocycles. The lowest BCUT2D eigenvalue weighted by molar-refractivity contribution is -0.115. The number of hydrogen-bond donors (Lipinski definition) is 2. The van der Waals surface area contributed by atoms with Gasteiger partial charge in [-0.1, -0.05) is 23.4 Å². The van der Waals surface area contributed by atoms with Crippen molar-refractivity contribution < 1.29 is 23.5 Å². The van der Waals surface area contributed by atoms with E-state index in [0.29, 0.717) is 33.8 Å². The number of carbonyl (C=O) groups excluding carboxylic acids is 1. The molecule has 11 heteroatoms. The van der Waals surface area contributed by atoms with Crippen molar-refractivity contribution in [3.05, 3.63) is 65.6 Å². The lowest BCUT2D eigenvalue weighted by atomic mass is 10.2. The quantitative estimate of drug-likeness (QED) is 0.346. The Kier molecular flexibility index (Phi) is 6.52. The highest BCUT2D eigenvalue weighted by molar-refractivity contribution is 7.99. The monoisotopic (exact) mass is 470 g/mol. The number of nitrogens with one attached hydrogen (secondary N) is 1. The van der Waals surface area contributed by atoms with Crippen molar-refractivity contribution >= 4 is 40.9 Å². The molecule has 0 aliphatic carbocycles. The van der Waals surface area contributed by atoms with Gasteiger partial charge in [-0.15, -0.1) is 10.2 Å². The Bertz CT molecular complexity index is 1250. The molecule has 0 saturated heterocycles. The number of carboxylic acid groups (broad SMARTS) is 1. The van der Waals surface area contributed by atoms with Crippen molar-refractivity contribution in [3.8, 4) is 22.9 Å². The molecule has 0 bridgehead atoms. The highest BCUT2D eigenvalue weighted by Crippen LogP contribution is 2.30. The second-order valence-electron chi connectivity index (χ2n) is 6.39. The first-order chi connectivity index (χ1) is 15.5. The minimum Gasteiger partial charge on any atom is -0.478 e. The van der Waals surface area contributed by atoms with E-state index in [-0.39, 0.29) is 28.6 Å². The van der Waals surface area contributed by atoms with Crippen LogP contribution in [0.2, 0.25) is 5.02 Å². The van der Waals surface area contributed by atoms with Gasteiger partial charge in [-0.05, 0) is 42.5 Å². The van der Waals surface area contributed by atoms with Crippen molar-refractivity contribution in [2.24, 2.45) is 0 Å². The third-order valence-corrected chi connectivity index (χ3v) is 5.39. The number of carboxylic acids is 1. The van der Waals surface area contributed by atoms with E-state index in [4.69, 9.17) is 25.5 Å². The van der Waals surface area contributed by atoms with Gasteiger partial charge in [-0.2, -0.15) is 0 Å². The average molecular weight is 471 g/mol. The molecule has 4 aromatic rings. The van der Waals surface area contributed by atoms with Crippen LogP contribution in [0.1, 0.15) is 16.8 Å². The number of rotatable bonds is 8. The van der Waals surface area contributed by atoms with Crippen LogP contribution in [0.5, 0.6) is 0 Å². The van der Waals surface area contributed by atoms with Crippen LogP contribution in [0.25, 0.3) is 22.9 Å².